The number of rotatable bonds is 2. The Kier molecular flexibility index (Phi) is 3.41. The van der Waals surface area contributed by atoms with Crippen molar-refractivity contribution in [2.45, 2.75) is 25.7 Å². The zero-order chi connectivity index (χ0) is 16.0. The lowest BCUT2D eigenvalue weighted by molar-refractivity contribution is -0.157. The van der Waals surface area contributed by atoms with E-state index in [1.807, 2.05) is 12.1 Å². The molecule has 1 aliphatic carbocycles. The van der Waals surface area contributed by atoms with E-state index in [4.69, 9.17) is 4.74 Å². The summed E-state index contributed by atoms with van der Waals surface area (Å²) >= 11 is 0. The Balaban J connectivity index is 1.59. The van der Waals surface area contributed by atoms with Crippen LogP contribution in [0, 0.1) is 11.3 Å². The van der Waals surface area contributed by atoms with E-state index in [1.54, 1.807) is 4.90 Å². The highest BCUT2D eigenvalue weighted by Gasteiger charge is 2.54. The predicted molar refractivity (Wildman–Crippen MR) is 83.4 cm³/mol. The third-order valence-electron chi connectivity index (χ3n) is 5.77. The maximum Gasteiger partial charge on any atom is 0.311 e. The summed E-state index contributed by atoms with van der Waals surface area (Å²) in [6.07, 6.45) is 3.76. The van der Waals surface area contributed by atoms with Crippen LogP contribution < -0.4 is 0 Å². The van der Waals surface area contributed by atoms with Gasteiger partial charge in [-0.3, -0.25) is 9.59 Å². The van der Waals surface area contributed by atoms with Gasteiger partial charge in [0.2, 0.25) is 0 Å². The Morgan fingerprint density at radius 3 is 2.87 bits per heavy atom. The van der Waals surface area contributed by atoms with Crippen LogP contribution in [0.1, 0.15) is 34.3 Å². The molecule has 0 spiro atoms. The summed E-state index contributed by atoms with van der Waals surface area (Å²) in [5.41, 5.74) is 2.46. The molecule has 1 aromatic rings. The Hall–Kier alpha value is -1.88. The molecule has 5 nitrogen and oxygen atoms in total. The lowest BCUT2D eigenvalue weighted by Crippen LogP contribution is -2.45. The van der Waals surface area contributed by atoms with Crippen LogP contribution in [0.15, 0.2) is 18.2 Å². The van der Waals surface area contributed by atoms with Crippen molar-refractivity contribution >= 4 is 11.9 Å². The van der Waals surface area contributed by atoms with E-state index in [-0.39, 0.29) is 11.8 Å². The molecule has 0 bridgehead atoms. The van der Waals surface area contributed by atoms with E-state index in [0.29, 0.717) is 38.3 Å². The number of ether oxygens (including phenoxy) is 1. The second kappa shape index (κ2) is 5.34. The fourth-order valence-corrected chi connectivity index (χ4v) is 4.34. The molecule has 0 unspecified atom stereocenters. The number of carboxylic acids is 1. The van der Waals surface area contributed by atoms with Gasteiger partial charge in [0, 0.05) is 31.2 Å². The number of carbonyl (C=O) groups is 2. The first-order chi connectivity index (χ1) is 11.1. The van der Waals surface area contributed by atoms with Gasteiger partial charge in [-0.05, 0) is 48.9 Å². The molecule has 122 valence electrons. The molecule has 2 heterocycles. The van der Waals surface area contributed by atoms with Crippen molar-refractivity contribution in [1.82, 2.24) is 4.90 Å². The lowest BCUT2D eigenvalue weighted by atomic mass is 9.74. The molecule has 4 rings (SSSR count). The van der Waals surface area contributed by atoms with E-state index in [2.05, 4.69) is 6.07 Å². The zero-order valence-corrected chi connectivity index (χ0v) is 13.1. The number of fused-ring (bicyclic) bond motifs is 2. The fraction of sp³-hybridized carbons (Fsp3) is 0.556. The molecule has 23 heavy (non-hydrogen) atoms. The van der Waals surface area contributed by atoms with Gasteiger partial charge < -0.3 is 14.7 Å². The summed E-state index contributed by atoms with van der Waals surface area (Å²) in [5, 5.41) is 9.70. The quantitative estimate of drug-likeness (QED) is 0.903. The average Bonchev–Trinajstić information content (AvgIpc) is 3.18. The van der Waals surface area contributed by atoms with Crippen molar-refractivity contribution in [2.24, 2.45) is 11.3 Å². The minimum Gasteiger partial charge on any atom is -0.481 e. The van der Waals surface area contributed by atoms with E-state index in [9.17, 15) is 14.7 Å². The van der Waals surface area contributed by atoms with Gasteiger partial charge in [0.25, 0.3) is 5.91 Å². The molecule has 2 saturated heterocycles. The Bertz CT molecular complexity index is 671. The number of hydrogen-bond donors (Lipinski definition) is 1. The molecule has 5 heteroatoms. The normalized spacial score (nSPS) is 29.2. The minimum atomic E-state index is -0.829. The van der Waals surface area contributed by atoms with Crippen molar-refractivity contribution < 1.29 is 19.4 Å². The van der Waals surface area contributed by atoms with Crippen LogP contribution in [-0.2, 0) is 22.4 Å². The van der Waals surface area contributed by atoms with Crippen LogP contribution in [-0.4, -0.2) is 48.2 Å². The minimum absolute atomic E-state index is 0.0466. The van der Waals surface area contributed by atoms with Crippen LogP contribution in [0.2, 0.25) is 0 Å². The molecular weight excluding hydrogens is 294 g/mol. The number of carbonyl (C=O) groups excluding carboxylic acids is 1. The molecule has 0 saturated carbocycles. The number of benzene rings is 1. The second-order valence-electron chi connectivity index (χ2n) is 7.01. The smallest absolute Gasteiger partial charge is 0.311 e. The van der Waals surface area contributed by atoms with Gasteiger partial charge in [-0.15, -0.1) is 0 Å². The van der Waals surface area contributed by atoms with E-state index >= 15 is 0 Å². The number of carboxylic acid groups (broad SMARTS) is 1. The Morgan fingerprint density at radius 2 is 2.09 bits per heavy atom. The molecule has 2 fully saturated rings. The summed E-state index contributed by atoms with van der Waals surface area (Å²) in [5.74, 6) is -0.947. The summed E-state index contributed by atoms with van der Waals surface area (Å²) in [6.45, 7) is 1.67. The van der Waals surface area contributed by atoms with Crippen LogP contribution in [0.4, 0.5) is 0 Å². The molecule has 2 atom stereocenters. The topological polar surface area (TPSA) is 66.8 Å². The third-order valence-corrected chi connectivity index (χ3v) is 5.77. The lowest BCUT2D eigenvalue weighted by Gasteiger charge is -2.33. The highest BCUT2D eigenvalue weighted by Crippen LogP contribution is 2.43. The summed E-state index contributed by atoms with van der Waals surface area (Å²) < 4.78 is 5.45. The maximum absolute atomic E-state index is 12.8. The Morgan fingerprint density at radius 1 is 1.26 bits per heavy atom. The van der Waals surface area contributed by atoms with E-state index in [0.717, 1.165) is 19.3 Å². The van der Waals surface area contributed by atoms with Gasteiger partial charge in [-0.25, -0.2) is 0 Å². The van der Waals surface area contributed by atoms with Crippen molar-refractivity contribution in [3.63, 3.8) is 0 Å². The highest BCUT2D eigenvalue weighted by atomic mass is 16.5. The largest absolute Gasteiger partial charge is 0.481 e. The van der Waals surface area contributed by atoms with Crippen molar-refractivity contribution in [3.05, 3.63) is 34.9 Å². The van der Waals surface area contributed by atoms with Gasteiger partial charge in [-0.2, -0.15) is 0 Å². The molecule has 1 N–H and O–H groups in total. The number of aliphatic carboxylic acids is 1. The second-order valence-corrected chi connectivity index (χ2v) is 7.01. The maximum atomic E-state index is 12.8. The number of nitrogens with zero attached hydrogens (tertiary/aromatic N) is 1. The van der Waals surface area contributed by atoms with Crippen molar-refractivity contribution in [3.8, 4) is 0 Å². The first-order valence-corrected chi connectivity index (χ1v) is 8.32. The molecule has 0 aromatic heterocycles. The molecular formula is C18H21NO4. The first kappa shape index (κ1) is 14.7. The number of likely N-dealkylation sites (tertiary alicyclic amines) is 1. The monoisotopic (exact) mass is 315 g/mol. The first-order valence-electron chi connectivity index (χ1n) is 8.32. The zero-order valence-electron chi connectivity index (χ0n) is 13.1. The number of amides is 1. The van der Waals surface area contributed by atoms with Gasteiger partial charge >= 0.3 is 5.97 Å². The molecule has 1 amide bonds. The van der Waals surface area contributed by atoms with Gasteiger partial charge in [0.1, 0.15) is 0 Å². The summed E-state index contributed by atoms with van der Waals surface area (Å²) in [6, 6.07) is 5.93. The van der Waals surface area contributed by atoms with Crippen molar-refractivity contribution in [1.29, 1.82) is 0 Å². The van der Waals surface area contributed by atoms with Gasteiger partial charge in [0.05, 0.1) is 12.0 Å². The third kappa shape index (κ3) is 2.26. The number of hydrogen-bond acceptors (Lipinski definition) is 3. The average molecular weight is 315 g/mol. The van der Waals surface area contributed by atoms with Crippen LogP contribution in [0.3, 0.4) is 0 Å². The van der Waals surface area contributed by atoms with E-state index in [1.165, 1.54) is 11.1 Å². The van der Waals surface area contributed by atoms with Crippen LogP contribution in [0.5, 0.6) is 0 Å². The number of aryl methyl sites for hydroxylation is 2. The summed E-state index contributed by atoms with van der Waals surface area (Å²) in [4.78, 5) is 26.4. The highest BCUT2D eigenvalue weighted by molar-refractivity contribution is 5.95. The predicted octanol–water partition coefficient (Wildman–Crippen LogP) is 1.74. The van der Waals surface area contributed by atoms with Crippen molar-refractivity contribution in [2.75, 3.05) is 26.3 Å². The standard InChI is InChI=1S/C18H21NO4/c20-16(14-5-4-12-2-1-3-13(12)8-14)19-9-15-10-23-7-6-18(15,11-19)17(21)22/h4-5,8,15H,1-3,6-7,9-11H2,(H,21,22)/t15-,18+/m0/s1. The molecule has 3 aliphatic rings. The van der Waals surface area contributed by atoms with Gasteiger partial charge in [-0.1, -0.05) is 6.07 Å². The molecule has 1 aromatic carbocycles. The summed E-state index contributed by atoms with van der Waals surface area (Å²) in [7, 11) is 0. The molecule has 0 radical (unpaired) electrons. The van der Waals surface area contributed by atoms with E-state index < -0.39 is 11.4 Å². The van der Waals surface area contributed by atoms with Crippen LogP contribution >= 0.6 is 0 Å². The SMILES string of the molecule is O=C(c1ccc2c(c1)CCC2)N1C[C@H]2COCC[C@@]2(C(=O)O)C1. The Labute approximate surface area is 135 Å². The molecule has 2 aliphatic heterocycles. The fourth-order valence-electron chi connectivity index (χ4n) is 4.34. The van der Waals surface area contributed by atoms with Gasteiger partial charge in [0.15, 0.2) is 0 Å². The van der Waals surface area contributed by atoms with Crippen LogP contribution in [0.25, 0.3) is 0 Å².